The number of aliphatic carboxylic acids is 1. The lowest BCUT2D eigenvalue weighted by molar-refractivity contribution is -0.145. The summed E-state index contributed by atoms with van der Waals surface area (Å²) in [6, 6.07) is 19.7. The van der Waals surface area contributed by atoms with Gasteiger partial charge in [-0.15, -0.1) is 11.8 Å². The Kier molecular flexibility index (Phi) is 5.76. The number of hydrogen-bond acceptors (Lipinski definition) is 3. The van der Waals surface area contributed by atoms with Gasteiger partial charge in [0.05, 0.1) is 5.92 Å². The van der Waals surface area contributed by atoms with Gasteiger partial charge in [0.1, 0.15) is 5.25 Å². The number of rotatable bonds is 5. The zero-order chi connectivity index (χ0) is 17.6. The quantitative estimate of drug-likeness (QED) is 0.828. The third-order valence-electron chi connectivity index (χ3n) is 4.48. The van der Waals surface area contributed by atoms with Gasteiger partial charge in [-0.2, -0.15) is 0 Å². The minimum Gasteiger partial charge on any atom is -0.481 e. The average molecular weight is 355 g/mol. The van der Waals surface area contributed by atoms with Crippen LogP contribution in [0.4, 0.5) is 0 Å². The van der Waals surface area contributed by atoms with Gasteiger partial charge < -0.3 is 10.0 Å². The van der Waals surface area contributed by atoms with E-state index in [-0.39, 0.29) is 17.1 Å². The van der Waals surface area contributed by atoms with Crippen LogP contribution >= 0.6 is 11.8 Å². The number of benzene rings is 2. The van der Waals surface area contributed by atoms with Crippen LogP contribution in [0.15, 0.2) is 65.6 Å². The topological polar surface area (TPSA) is 57.6 Å². The summed E-state index contributed by atoms with van der Waals surface area (Å²) in [7, 11) is 0. The zero-order valence-corrected chi connectivity index (χ0v) is 14.7. The molecule has 0 radical (unpaired) electrons. The predicted molar refractivity (Wildman–Crippen MR) is 98.4 cm³/mol. The number of amides is 1. The first-order chi connectivity index (χ1) is 12.1. The number of carbonyl (C=O) groups excluding carboxylic acids is 1. The highest BCUT2D eigenvalue weighted by Gasteiger charge is 2.31. The second-order valence-electron chi connectivity index (χ2n) is 6.16. The van der Waals surface area contributed by atoms with E-state index in [2.05, 4.69) is 0 Å². The van der Waals surface area contributed by atoms with E-state index >= 15 is 0 Å². The van der Waals surface area contributed by atoms with E-state index in [0.717, 1.165) is 10.5 Å². The third-order valence-corrected chi connectivity index (χ3v) is 5.73. The van der Waals surface area contributed by atoms with Gasteiger partial charge in [-0.25, -0.2) is 0 Å². The Morgan fingerprint density at radius 1 is 0.960 bits per heavy atom. The standard InChI is InChI=1S/C20H21NO3S/c22-19(21-13-11-16(12-14-21)20(23)24)18(15-7-3-1-4-8-15)25-17-9-5-2-6-10-17/h1-10,16,18H,11-14H2,(H,23,24)/t18-/m1/s1. The Labute approximate surface area is 151 Å². The molecule has 1 heterocycles. The van der Waals surface area contributed by atoms with Gasteiger partial charge in [0, 0.05) is 18.0 Å². The molecule has 1 aliphatic rings. The van der Waals surface area contributed by atoms with Gasteiger partial charge >= 0.3 is 5.97 Å². The maximum Gasteiger partial charge on any atom is 0.306 e. The smallest absolute Gasteiger partial charge is 0.306 e. The zero-order valence-electron chi connectivity index (χ0n) is 13.9. The Balaban J connectivity index is 1.77. The molecule has 1 aliphatic heterocycles. The second-order valence-corrected chi connectivity index (χ2v) is 7.34. The van der Waals surface area contributed by atoms with Crippen molar-refractivity contribution in [3.8, 4) is 0 Å². The maximum atomic E-state index is 13.1. The molecule has 5 heteroatoms. The van der Waals surface area contributed by atoms with Crippen LogP contribution in [0.3, 0.4) is 0 Å². The molecule has 2 aromatic rings. The first kappa shape index (κ1) is 17.5. The number of thioether (sulfide) groups is 1. The Morgan fingerprint density at radius 3 is 2.08 bits per heavy atom. The van der Waals surface area contributed by atoms with E-state index < -0.39 is 5.97 Å². The highest BCUT2D eigenvalue weighted by atomic mass is 32.2. The average Bonchev–Trinajstić information content (AvgIpc) is 2.67. The van der Waals surface area contributed by atoms with Gasteiger partial charge in [-0.05, 0) is 30.5 Å². The SMILES string of the molecule is O=C(O)C1CCN(C(=O)[C@H](Sc2ccccc2)c2ccccc2)CC1. The molecule has 1 atom stereocenters. The molecule has 0 spiro atoms. The minimum absolute atomic E-state index is 0.0592. The Morgan fingerprint density at radius 2 is 1.52 bits per heavy atom. The van der Waals surface area contributed by atoms with Crippen LogP contribution in [-0.4, -0.2) is 35.0 Å². The minimum atomic E-state index is -0.759. The van der Waals surface area contributed by atoms with Crippen LogP contribution in [0.1, 0.15) is 23.7 Å². The molecule has 1 saturated heterocycles. The van der Waals surface area contributed by atoms with Crippen LogP contribution in [0.25, 0.3) is 0 Å². The van der Waals surface area contributed by atoms with Crippen LogP contribution in [0.2, 0.25) is 0 Å². The Hall–Kier alpha value is -2.27. The first-order valence-electron chi connectivity index (χ1n) is 8.43. The lowest BCUT2D eigenvalue weighted by Gasteiger charge is -2.32. The highest BCUT2D eigenvalue weighted by molar-refractivity contribution is 8.00. The molecular formula is C20H21NO3S. The molecule has 1 N–H and O–H groups in total. The number of hydrogen-bond donors (Lipinski definition) is 1. The van der Waals surface area contributed by atoms with Crippen molar-refractivity contribution in [2.45, 2.75) is 23.0 Å². The van der Waals surface area contributed by atoms with E-state index in [4.69, 9.17) is 5.11 Å². The number of piperidine rings is 1. The van der Waals surface area contributed by atoms with Crippen molar-refractivity contribution in [3.05, 3.63) is 66.2 Å². The molecule has 0 unspecified atom stereocenters. The summed E-state index contributed by atoms with van der Waals surface area (Å²) in [5, 5.41) is 8.82. The van der Waals surface area contributed by atoms with Crippen LogP contribution in [0.5, 0.6) is 0 Å². The van der Waals surface area contributed by atoms with Crippen molar-refractivity contribution in [1.29, 1.82) is 0 Å². The fourth-order valence-electron chi connectivity index (χ4n) is 3.04. The monoisotopic (exact) mass is 355 g/mol. The summed E-state index contributed by atoms with van der Waals surface area (Å²) < 4.78 is 0. The highest BCUT2D eigenvalue weighted by Crippen LogP contribution is 2.37. The summed E-state index contributed by atoms with van der Waals surface area (Å²) in [6.07, 6.45) is 1.05. The largest absolute Gasteiger partial charge is 0.481 e. The van der Waals surface area contributed by atoms with Gasteiger partial charge in [0.2, 0.25) is 5.91 Å². The molecular weight excluding hydrogens is 334 g/mol. The van der Waals surface area contributed by atoms with Gasteiger partial charge in [0.25, 0.3) is 0 Å². The van der Waals surface area contributed by atoms with E-state index in [0.29, 0.717) is 25.9 Å². The number of carbonyl (C=O) groups is 2. The van der Waals surface area contributed by atoms with Crippen LogP contribution < -0.4 is 0 Å². The van der Waals surface area contributed by atoms with E-state index in [1.54, 1.807) is 11.8 Å². The Bertz CT molecular complexity index is 712. The summed E-state index contributed by atoms with van der Waals surface area (Å²) in [5.74, 6) is -1.03. The lowest BCUT2D eigenvalue weighted by atomic mass is 9.96. The number of carboxylic acids is 1. The van der Waals surface area contributed by atoms with Crippen LogP contribution in [0, 0.1) is 5.92 Å². The van der Waals surface area contributed by atoms with Crippen molar-refractivity contribution in [2.24, 2.45) is 5.92 Å². The number of likely N-dealkylation sites (tertiary alicyclic amines) is 1. The molecule has 4 nitrogen and oxygen atoms in total. The molecule has 1 amide bonds. The fraction of sp³-hybridized carbons (Fsp3) is 0.300. The molecule has 0 aliphatic carbocycles. The molecule has 1 fully saturated rings. The molecule has 25 heavy (non-hydrogen) atoms. The lowest BCUT2D eigenvalue weighted by Crippen LogP contribution is -2.42. The number of carboxylic acid groups (broad SMARTS) is 1. The molecule has 130 valence electrons. The second kappa shape index (κ2) is 8.21. The molecule has 0 bridgehead atoms. The number of nitrogens with zero attached hydrogens (tertiary/aromatic N) is 1. The van der Waals surface area contributed by atoms with Gasteiger partial charge in [-0.3, -0.25) is 9.59 Å². The van der Waals surface area contributed by atoms with Gasteiger partial charge in [0.15, 0.2) is 0 Å². The summed E-state index contributed by atoms with van der Waals surface area (Å²) in [4.78, 5) is 27.1. The predicted octanol–water partition coefficient (Wildman–Crippen LogP) is 3.84. The summed E-state index contributed by atoms with van der Waals surface area (Å²) in [6.45, 7) is 1.02. The third kappa shape index (κ3) is 4.42. The summed E-state index contributed by atoms with van der Waals surface area (Å²) in [5.41, 5.74) is 0.974. The van der Waals surface area contributed by atoms with Crippen molar-refractivity contribution in [3.63, 3.8) is 0 Å². The maximum absolute atomic E-state index is 13.1. The van der Waals surface area contributed by atoms with Crippen molar-refractivity contribution in [1.82, 2.24) is 4.90 Å². The van der Waals surface area contributed by atoms with E-state index in [1.165, 1.54) is 0 Å². The van der Waals surface area contributed by atoms with Crippen molar-refractivity contribution < 1.29 is 14.7 Å². The molecule has 3 rings (SSSR count). The van der Waals surface area contributed by atoms with Crippen molar-refractivity contribution >= 4 is 23.6 Å². The van der Waals surface area contributed by atoms with Gasteiger partial charge in [-0.1, -0.05) is 48.5 Å². The van der Waals surface area contributed by atoms with E-state index in [1.807, 2.05) is 65.6 Å². The normalized spacial score (nSPS) is 16.4. The fourth-order valence-corrected chi connectivity index (χ4v) is 4.17. The first-order valence-corrected chi connectivity index (χ1v) is 9.31. The van der Waals surface area contributed by atoms with Crippen molar-refractivity contribution in [2.75, 3.05) is 13.1 Å². The van der Waals surface area contributed by atoms with Crippen LogP contribution in [-0.2, 0) is 9.59 Å². The summed E-state index contributed by atoms with van der Waals surface area (Å²) >= 11 is 1.54. The van der Waals surface area contributed by atoms with E-state index in [9.17, 15) is 9.59 Å². The molecule has 0 saturated carbocycles. The molecule has 2 aromatic carbocycles. The molecule has 0 aromatic heterocycles.